The second-order valence-electron chi connectivity index (χ2n) is 6.28. The predicted molar refractivity (Wildman–Crippen MR) is 114 cm³/mol. The SMILES string of the molecule is CCc1cc(C)cc(OCCOc2ccc(Cl)cc2/C=C2\SC(=N)NC2=O)c1. The zero-order valence-electron chi connectivity index (χ0n) is 15.7. The average Bonchev–Trinajstić information content (AvgIpc) is 2.96. The fourth-order valence-corrected chi connectivity index (χ4v) is 3.64. The Balaban J connectivity index is 1.65. The number of ether oxygens (including phenoxy) is 2. The molecule has 5 nitrogen and oxygen atoms in total. The number of aryl methyl sites for hydroxylation is 2. The van der Waals surface area contributed by atoms with Gasteiger partial charge in [0, 0.05) is 10.6 Å². The summed E-state index contributed by atoms with van der Waals surface area (Å²) in [5.41, 5.74) is 3.09. The average molecular weight is 417 g/mol. The van der Waals surface area contributed by atoms with E-state index >= 15 is 0 Å². The first kappa shape index (κ1) is 20.3. The second kappa shape index (κ2) is 9.17. The van der Waals surface area contributed by atoms with Crippen LogP contribution in [0.3, 0.4) is 0 Å². The van der Waals surface area contributed by atoms with Crippen LogP contribution in [-0.4, -0.2) is 24.3 Å². The van der Waals surface area contributed by atoms with Gasteiger partial charge in [0.05, 0.1) is 4.91 Å². The number of carbonyl (C=O) groups is 1. The van der Waals surface area contributed by atoms with Gasteiger partial charge in [-0.05, 0) is 72.6 Å². The smallest absolute Gasteiger partial charge is 0.264 e. The van der Waals surface area contributed by atoms with Crippen molar-refractivity contribution in [3.63, 3.8) is 0 Å². The Kier molecular flexibility index (Phi) is 6.65. The first-order valence-corrected chi connectivity index (χ1v) is 10.1. The molecule has 0 radical (unpaired) electrons. The van der Waals surface area contributed by atoms with Crippen LogP contribution >= 0.6 is 23.4 Å². The van der Waals surface area contributed by atoms with Crippen molar-refractivity contribution >= 4 is 40.5 Å². The molecule has 1 aliphatic rings. The lowest BCUT2D eigenvalue weighted by atomic mass is 10.1. The number of halogens is 1. The molecule has 0 spiro atoms. The summed E-state index contributed by atoms with van der Waals surface area (Å²) < 4.78 is 11.7. The molecule has 1 aliphatic heterocycles. The molecular weight excluding hydrogens is 396 g/mol. The van der Waals surface area contributed by atoms with E-state index < -0.39 is 0 Å². The Labute approximate surface area is 173 Å². The monoisotopic (exact) mass is 416 g/mol. The number of thioether (sulfide) groups is 1. The van der Waals surface area contributed by atoms with Crippen molar-refractivity contribution in [1.29, 1.82) is 5.41 Å². The van der Waals surface area contributed by atoms with Gasteiger partial charge in [0.25, 0.3) is 5.91 Å². The van der Waals surface area contributed by atoms with Crippen LogP contribution in [0.15, 0.2) is 41.3 Å². The van der Waals surface area contributed by atoms with Crippen molar-refractivity contribution in [2.24, 2.45) is 0 Å². The van der Waals surface area contributed by atoms with Crippen LogP contribution < -0.4 is 14.8 Å². The highest BCUT2D eigenvalue weighted by molar-refractivity contribution is 8.18. The Morgan fingerprint density at radius 3 is 2.68 bits per heavy atom. The Hall–Kier alpha value is -2.44. The lowest BCUT2D eigenvalue weighted by Gasteiger charge is -2.12. The lowest BCUT2D eigenvalue weighted by Crippen LogP contribution is -2.18. The Morgan fingerprint density at radius 2 is 1.96 bits per heavy atom. The highest BCUT2D eigenvalue weighted by Gasteiger charge is 2.22. The summed E-state index contributed by atoms with van der Waals surface area (Å²) in [5, 5.41) is 10.7. The van der Waals surface area contributed by atoms with Crippen LogP contribution in [0.4, 0.5) is 0 Å². The summed E-state index contributed by atoms with van der Waals surface area (Å²) in [6, 6.07) is 11.4. The van der Waals surface area contributed by atoms with E-state index in [1.807, 2.05) is 19.1 Å². The van der Waals surface area contributed by atoms with Gasteiger partial charge in [-0.15, -0.1) is 0 Å². The van der Waals surface area contributed by atoms with Gasteiger partial charge in [-0.3, -0.25) is 10.2 Å². The summed E-state index contributed by atoms with van der Waals surface area (Å²) in [5.74, 6) is 1.14. The third-order valence-corrected chi connectivity index (χ3v) is 5.11. The van der Waals surface area contributed by atoms with Crippen LogP contribution in [0.2, 0.25) is 5.02 Å². The maximum Gasteiger partial charge on any atom is 0.264 e. The van der Waals surface area contributed by atoms with Crippen LogP contribution in [0, 0.1) is 12.3 Å². The van der Waals surface area contributed by atoms with Crippen molar-refractivity contribution in [3.05, 3.63) is 63.0 Å². The lowest BCUT2D eigenvalue weighted by molar-refractivity contribution is -0.115. The molecule has 0 aromatic heterocycles. The maximum absolute atomic E-state index is 11.8. The van der Waals surface area contributed by atoms with Gasteiger partial charge in [0.2, 0.25) is 0 Å². The van der Waals surface area contributed by atoms with E-state index in [4.69, 9.17) is 26.5 Å². The first-order chi connectivity index (χ1) is 13.4. The molecule has 0 bridgehead atoms. The number of benzene rings is 2. The summed E-state index contributed by atoms with van der Waals surface area (Å²) in [6.45, 7) is 4.91. The van der Waals surface area contributed by atoms with Crippen LogP contribution in [0.5, 0.6) is 11.5 Å². The molecule has 0 atom stereocenters. The van der Waals surface area contributed by atoms with Gasteiger partial charge < -0.3 is 14.8 Å². The van der Waals surface area contributed by atoms with Gasteiger partial charge >= 0.3 is 0 Å². The van der Waals surface area contributed by atoms with Gasteiger partial charge in [0.15, 0.2) is 5.17 Å². The zero-order valence-corrected chi connectivity index (χ0v) is 17.2. The van der Waals surface area contributed by atoms with Crippen molar-refractivity contribution in [2.75, 3.05) is 13.2 Å². The molecule has 28 heavy (non-hydrogen) atoms. The molecule has 3 rings (SSSR count). The first-order valence-electron chi connectivity index (χ1n) is 8.90. The summed E-state index contributed by atoms with van der Waals surface area (Å²) >= 11 is 7.17. The zero-order chi connectivity index (χ0) is 20.1. The quantitative estimate of drug-likeness (QED) is 0.502. The number of rotatable bonds is 7. The van der Waals surface area contributed by atoms with E-state index in [1.165, 1.54) is 11.1 Å². The number of carbonyl (C=O) groups excluding carboxylic acids is 1. The molecule has 2 aromatic rings. The van der Waals surface area contributed by atoms with E-state index in [0.29, 0.717) is 34.5 Å². The second-order valence-corrected chi connectivity index (χ2v) is 7.77. The predicted octanol–water partition coefficient (Wildman–Crippen LogP) is 4.81. The minimum absolute atomic E-state index is 0.110. The summed E-state index contributed by atoms with van der Waals surface area (Å²) in [6.07, 6.45) is 2.64. The van der Waals surface area contributed by atoms with E-state index in [-0.39, 0.29) is 11.1 Å². The summed E-state index contributed by atoms with van der Waals surface area (Å²) in [4.78, 5) is 12.3. The van der Waals surface area contributed by atoms with Gasteiger partial charge in [-0.2, -0.15) is 0 Å². The number of nitrogens with one attached hydrogen (secondary N) is 2. The summed E-state index contributed by atoms with van der Waals surface area (Å²) in [7, 11) is 0. The topological polar surface area (TPSA) is 71.4 Å². The van der Waals surface area contributed by atoms with Gasteiger partial charge in [-0.1, -0.05) is 24.6 Å². The number of hydrogen-bond donors (Lipinski definition) is 2. The Bertz CT molecular complexity index is 943. The van der Waals surface area contributed by atoms with Crippen LogP contribution in [-0.2, 0) is 11.2 Å². The molecule has 2 aromatic carbocycles. The third kappa shape index (κ3) is 5.30. The van der Waals surface area contributed by atoms with E-state index in [0.717, 1.165) is 23.9 Å². The minimum atomic E-state index is -0.296. The fraction of sp³-hybridized carbons (Fsp3) is 0.238. The van der Waals surface area contributed by atoms with Crippen molar-refractivity contribution in [3.8, 4) is 11.5 Å². The Morgan fingerprint density at radius 1 is 1.18 bits per heavy atom. The van der Waals surface area contributed by atoms with E-state index in [1.54, 1.807) is 24.3 Å². The molecule has 0 saturated carbocycles. The molecule has 2 N–H and O–H groups in total. The van der Waals surface area contributed by atoms with Crippen molar-refractivity contribution < 1.29 is 14.3 Å². The van der Waals surface area contributed by atoms with E-state index in [9.17, 15) is 4.79 Å². The van der Waals surface area contributed by atoms with Gasteiger partial charge in [-0.25, -0.2) is 0 Å². The molecule has 1 amide bonds. The van der Waals surface area contributed by atoms with Gasteiger partial charge in [0.1, 0.15) is 24.7 Å². The maximum atomic E-state index is 11.8. The molecule has 0 unspecified atom stereocenters. The molecule has 1 saturated heterocycles. The minimum Gasteiger partial charge on any atom is -0.490 e. The number of amidine groups is 1. The standard InChI is InChI=1S/C21H21ClN2O3S/c1-3-14-8-13(2)9-17(10-14)26-6-7-27-18-5-4-16(22)11-15(18)12-19-20(25)24-21(23)28-19/h4-5,8-12H,3,6-7H2,1-2H3,(H2,23,24,25)/b19-12-. The molecule has 1 fully saturated rings. The molecular formula is C21H21ClN2O3S. The molecule has 0 aliphatic carbocycles. The fourth-order valence-electron chi connectivity index (χ4n) is 2.77. The third-order valence-electron chi connectivity index (χ3n) is 4.05. The van der Waals surface area contributed by atoms with Crippen LogP contribution in [0.25, 0.3) is 6.08 Å². The molecule has 7 heteroatoms. The molecule has 146 valence electrons. The normalized spacial score (nSPS) is 15.0. The highest BCUT2D eigenvalue weighted by Crippen LogP contribution is 2.30. The van der Waals surface area contributed by atoms with E-state index in [2.05, 4.69) is 18.3 Å². The number of amides is 1. The number of hydrogen-bond acceptors (Lipinski definition) is 5. The van der Waals surface area contributed by atoms with Crippen molar-refractivity contribution in [2.45, 2.75) is 20.3 Å². The highest BCUT2D eigenvalue weighted by atomic mass is 35.5. The van der Waals surface area contributed by atoms with Crippen molar-refractivity contribution in [1.82, 2.24) is 5.32 Å². The molecule has 1 heterocycles. The van der Waals surface area contributed by atoms with Crippen LogP contribution in [0.1, 0.15) is 23.6 Å². The largest absolute Gasteiger partial charge is 0.490 e.